The summed E-state index contributed by atoms with van der Waals surface area (Å²) in [6.07, 6.45) is 0.287. The first kappa shape index (κ1) is 12.6. The lowest BCUT2D eigenvalue weighted by atomic mass is 10.0. The first-order valence-electron chi connectivity index (χ1n) is 6.43. The summed E-state index contributed by atoms with van der Waals surface area (Å²) >= 11 is 1.77. The third kappa shape index (κ3) is 2.26. The number of halogens is 1. The van der Waals surface area contributed by atoms with Gasteiger partial charge in [0.05, 0.1) is 11.8 Å². The molecule has 4 heteroatoms. The minimum Gasteiger partial charge on any atom is -0.389 e. The van der Waals surface area contributed by atoms with Gasteiger partial charge in [0.1, 0.15) is 5.82 Å². The van der Waals surface area contributed by atoms with E-state index in [-0.39, 0.29) is 5.82 Å². The Balaban J connectivity index is 2.00. The number of benzene rings is 1. The summed E-state index contributed by atoms with van der Waals surface area (Å²) in [5.74, 6) is -0.253. The standard InChI is InChI=1S/C15H16FNOS/c1-10(18)12-3-2-4-13(16)15(12)17-7-5-14-11(9-17)6-8-19-14/h2-4,6,8,10,18H,5,7,9H2,1H3/t10-/m1/s1. The lowest BCUT2D eigenvalue weighted by Crippen LogP contribution is -2.31. The molecule has 1 N–H and O–H groups in total. The number of rotatable bonds is 2. The molecule has 1 aromatic carbocycles. The zero-order valence-corrected chi connectivity index (χ0v) is 11.6. The molecule has 3 rings (SSSR count). The zero-order chi connectivity index (χ0) is 13.4. The molecule has 0 aliphatic carbocycles. The second-order valence-electron chi connectivity index (χ2n) is 4.89. The number of aliphatic hydroxyl groups excluding tert-OH is 1. The Bertz CT molecular complexity index is 594. The van der Waals surface area contributed by atoms with Crippen LogP contribution in [0.25, 0.3) is 0 Å². The van der Waals surface area contributed by atoms with Crippen molar-refractivity contribution in [1.29, 1.82) is 0 Å². The van der Waals surface area contributed by atoms with E-state index in [1.807, 2.05) is 4.90 Å². The van der Waals surface area contributed by atoms with Crippen LogP contribution in [0.2, 0.25) is 0 Å². The van der Waals surface area contributed by atoms with Crippen molar-refractivity contribution in [1.82, 2.24) is 0 Å². The van der Waals surface area contributed by atoms with Crippen LogP contribution in [0.4, 0.5) is 10.1 Å². The van der Waals surface area contributed by atoms with Gasteiger partial charge in [-0.3, -0.25) is 0 Å². The van der Waals surface area contributed by atoms with Gasteiger partial charge in [-0.2, -0.15) is 0 Å². The van der Waals surface area contributed by atoms with E-state index in [0.29, 0.717) is 11.3 Å². The highest BCUT2D eigenvalue weighted by Crippen LogP contribution is 2.34. The molecule has 2 nitrogen and oxygen atoms in total. The number of anilines is 1. The monoisotopic (exact) mass is 277 g/mol. The van der Waals surface area contributed by atoms with Gasteiger partial charge in [0.25, 0.3) is 0 Å². The molecule has 0 unspecified atom stereocenters. The Morgan fingerprint density at radius 2 is 2.21 bits per heavy atom. The maximum atomic E-state index is 14.1. The van der Waals surface area contributed by atoms with E-state index < -0.39 is 6.10 Å². The van der Waals surface area contributed by atoms with Gasteiger partial charge in [-0.05, 0) is 36.4 Å². The van der Waals surface area contributed by atoms with Crippen LogP contribution in [0.5, 0.6) is 0 Å². The topological polar surface area (TPSA) is 23.5 Å². The van der Waals surface area contributed by atoms with E-state index in [1.54, 1.807) is 30.4 Å². The SMILES string of the molecule is C[C@@H](O)c1cccc(F)c1N1CCc2sccc2C1. The fourth-order valence-corrected chi connectivity index (χ4v) is 3.53. The van der Waals surface area contributed by atoms with E-state index in [0.717, 1.165) is 19.5 Å². The highest BCUT2D eigenvalue weighted by molar-refractivity contribution is 7.10. The Kier molecular flexibility index (Phi) is 3.29. The average Bonchev–Trinajstić information content (AvgIpc) is 2.85. The van der Waals surface area contributed by atoms with E-state index in [9.17, 15) is 9.50 Å². The molecule has 0 saturated carbocycles. The summed E-state index contributed by atoms with van der Waals surface area (Å²) in [4.78, 5) is 3.43. The molecular weight excluding hydrogens is 261 g/mol. The normalized spacial score (nSPS) is 16.3. The molecule has 1 atom stereocenters. The van der Waals surface area contributed by atoms with Gasteiger partial charge in [-0.15, -0.1) is 11.3 Å². The van der Waals surface area contributed by atoms with Gasteiger partial charge in [0, 0.05) is 23.5 Å². The van der Waals surface area contributed by atoms with Crippen LogP contribution < -0.4 is 4.90 Å². The number of hydrogen-bond acceptors (Lipinski definition) is 3. The van der Waals surface area contributed by atoms with Crippen molar-refractivity contribution in [3.05, 3.63) is 51.5 Å². The molecule has 0 fully saturated rings. The maximum absolute atomic E-state index is 14.1. The number of hydrogen-bond donors (Lipinski definition) is 1. The van der Waals surface area contributed by atoms with Crippen molar-refractivity contribution in [2.45, 2.75) is 26.0 Å². The molecule has 0 bridgehead atoms. The quantitative estimate of drug-likeness (QED) is 0.908. The van der Waals surface area contributed by atoms with Crippen molar-refractivity contribution in [2.24, 2.45) is 0 Å². The number of nitrogens with zero attached hydrogens (tertiary/aromatic N) is 1. The van der Waals surface area contributed by atoms with Gasteiger partial charge >= 0.3 is 0 Å². The molecule has 0 saturated heterocycles. The molecule has 2 heterocycles. The number of para-hydroxylation sites is 1. The van der Waals surface area contributed by atoms with E-state index in [4.69, 9.17) is 0 Å². The fraction of sp³-hybridized carbons (Fsp3) is 0.333. The molecule has 0 radical (unpaired) electrons. The van der Waals surface area contributed by atoms with Gasteiger partial charge in [-0.25, -0.2) is 4.39 Å². The van der Waals surface area contributed by atoms with Crippen LogP contribution >= 0.6 is 11.3 Å². The predicted octanol–water partition coefficient (Wildman–Crippen LogP) is 3.50. The molecular formula is C15H16FNOS. The summed E-state index contributed by atoms with van der Waals surface area (Å²) < 4.78 is 14.1. The summed E-state index contributed by atoms with van der Waals surface area (Å²) in [5, 5.41) is 11.9. The molecule has 0 amide bonds. The zero-order valence-electron chi connectivity index (χ0n) is 10.8. The van der Waals surface area contributed by atoms with Crippen molar-refractivity contribution >= 4 is 17.0 Å². The van der Waals surface area contributed by atoms with Gasteiger partial charge < -0.3 is 10.0 Å². The van der Waals surface area contributed by atoms with Crippen molar-refractivity contribution in [3.8, 4) is 0 Å². The second kappa shape index (κ2) is 4.94. The summed E-state index contributed by atoms with van der Waals surface area (Å²) in [5.41, 5.74) is 2.49. The molecule has 1 aliphatic heterocycles. The third-order valence-electron chi connectivity index (χ3n) is 3.59. The van der Waals surface area contributed by atoms with Crippen molar-refractivity contribution in [3.63, 3.8) is 0 Å². The second-order valence-corrected chi connectivity index (χ2v) is 5.89. The minimum atomic E-state index is -0.658. The van der Waals surface area contributed by atoms with Crippen LogP contribution in [0.15, 0.2) is 29.6 Å². The number of fused-ring (bicyclic) bond motifs is 1. The summed E-state index contributed by atoms with van der Waals surface area (Å²) in [6.45, 7) is 3.20. The summed E-state index contributed by atoms with van der Waals surface area (Å²) in [7, 11) is 0. The highest BCUT2D eigenvalue weighted by atomic mass is 32.1. The number of aliphatic hydroxyl groups is 1. The van der Waals surface area contributed by atoms with Crippen LogP contribution in [0, 0.1) is 5.82 Å². The van der Waals surface area contributed by atoms with Crippen molar-refractivity contribution in [2.75, 3.05) is 11.4 Å². The lowest BCUT2D eigenvalue weighted by molar-refractivity contribution is 0.199. The van der Waals surface area contributed by atoms with Crippen molar-refractivity contribution < 1.29 is 9.50 Å². The van der Waals surface area contributed by atoms with Gasteiger partial charge in [0.2, 0.25) is 0 Å². The molecule has 0 spiro atoms. The Morgan fingerprint density at radius 1 is 1.37 bits per heavy atom. The van der Waals surface area contributed by atoms with Crippen LogP contribution in [-0.4, -0.2) is 11.7 Å². The van der Waals surface area contributed by atoms with Gasteiger partial charge in [0.15, 0.2) is 0 Å². The summed E-state index contributed by atoms with van der Waals surface area (Å²) in [6, 6.07) is 7.02. The Hall–Kier alpha value is -1.39. The van der Waals surface area contributed by atoms with E-state index in [2.05, 4.69) is 11.4 Å². The first-order valence-corrected chi connectivity index (χ1v) is 7.31. The smallest absolute Gasteiger partial charge is 0.146 e. The molecule has 100 valence electrons. The van der Waals surface area contributed by atoms with E-state index in [1.165, 1.54) is 16.5 Å². The molecule has 1 aromatic heterocycles. The Morgan fingerprint density at radius 3 is 3.00 bits per heavy atom. The fourth-order valence-electron chi connectivity index (χ4n) is 2.64. The van der Waals surface area contributed by atoms with Crippen LogP contribution in [0.3, 0.4) is 0 Å². The highest BCUT2D eigenvalue weighted by Gasteiger charge is 2.23. The number of thiophene rings is 1. The van der Waals surface area contributed by atoms with E-state index >= 15 is 0 Å². The van der Waals surface area contributed by atoms with Crippen LogP contribution in [0.1, 0.15) is 29.0 Å². The van der Waals surface area contributed by atoms with Gasteiger partial charge in [-0.1, -0.05) is 12.1 Å². The Labute approximate surface area is 116 Å². The average molecular weight is 277 g/mol. The lowest BCUT2D eigenvalue weighted by Gasteiger charge is -2.31. The molecule has 19 heavy (non-hydrogen) atoms. The van der Waals surface area contributed by atoms with Crippen LogP contribution in [-0.2, 0) is 13.0 Å². The third-order valence-corrected chi connectivity index (χ3v) is 4.61. The largest absolute Gasteiger partial charge is 0.389 e. The molecule has 2 aromatic rings. The molecule has 1 aliphatic rings. The first-order chi connectivity index (χ1) is 9.16. The minimum absolute atomic E-state index is 0.253. The predicted molar refractivity (Wildman–Crippen MR) is 76.1 cm³/mol. The maximum Gasteiger partial charge on any atom is 0.146 e.